The van der Waals surface area contributed by atoms with E-state index in [4.69, 9.17) is 0 Å². The maximum Gasteiger partial charge on any atom is 0.432 e. The largest absolute Gasteiger partial charge is 0.432 e. The lowest BCUT2D eigenvalue weighted by Crippen LogP contribution is -2.57. The average Bonchev–Trinajstić information content (AvgIpc) is 2.83. The molecule has 0 fully saturated rings. The SMILES string of the molecule is CCC(c1ccccc1NC(=O)c1cccc(NC(=O)C(=O)N(C)CCF)c1)C(F)(C(F)(F)F)C(F)(F)F. The number of benzene rings is 2. The van der Waals surface area contributed by atoms with Crippen molar-refractivity contribution in [2.24, 2.45) is 0 Å². The Morgan fingerprint density at radius 1 is 0.895 bits per heavy atom. The van der Waals surface area contributed by atoms with Gasteiger partial charge in [-0.1, -0.05) is 31.2 Å². The summed E-state index contributed by atoms with van der Waals surface area (Å²) in [6.45, 7) is -0.274. The van der Waals surface area contributed by atoms with Crippen LogP contribution in [0.4, 0.5) is 46.5 Å². The number of para-hydroxylation sites is 1. The van der Waals surface area contributed by atoms with Gasteiger partial charge in [0.05, 0.1) is 0 Å². The predicted molar refractivity (Wildman–Crippen MR) is 122 cm³/mol. The van der Waals surface area contributed by atoms with Gasteiger partial charge < -0.3 is 15.5 Å². The van der Waals surface area contributed by atoms with Crippen molar-refractivity contribution in [3.8, 4) is 0 Å². The lowest BCUT2D eigenvalue weighted by molar-refractivity contribution is -0.349. The van der Waals surface area contributed by atoms with Crippen LogP contribution in [0.25, 0.3) is 0 Å². The molecule has 208 valence electrons. The van der Waals surface area contributed by atoms with Crippen molar-refractivity contribution < 1.29 is 49.5 Å². The number of hydrogen-bond acceptors (Lipinski definition) is 3. The summed E-state index contributed by atoms with van der Waals surface area (Å²) in [7, 11) is 1.19. The van der Waals surface area contributed by atoms with Crippen LogP contribution in [0.2, 0.25) is 0 Å². The Morgan fingerprint density at radius 2 is 1.50 bits per heavy atom. The first-order valence-electron chi connectivity index (χ1n) is 11.0. The number of carbonyl (C=O) groups excluding carboxylic acids is 3. The molecule has 14 heteroatoms. The summed E-state index contributed by atoms with van der Waals surface area (Å²) in [5.41, 5.74) is -7.07. The molecule has 2 aromatic carbocycles. The maximum atomic E-state index is 14.9. The van der Waals surface area contributed by atoms with Crippen LogP contribution in [-0.4, -0.2) is 60.9 Å². The zero-order chi connectivity index (χ0) is 28.9. The van der Waals surface area contributed by atoms with Crippen LogP contribution in [0.1, 0.15) is 35.2 Å². The van der Waals surface area contributed by atoms with Gasteiger partial charge in [0.25, 0.3) is 5.91 Å². The van der Waals surface area contributed by atoms with Gasteiger partial charge >= 0.3 is 29.8 Å². The first-order chi connectivity index (χ1) is 17.6. The summed E-state index contributed by atoms with van der Waals surface area (Å²) >= 11 is 0. The Morgan fingerprint density at radius 3 is 2.05 bits per heavy atom. The summed E-state index contributed by atoms with van der Waals surface area (Å²) in [5, 5.41) is 4.38. The molecule has 2 rings (SSSR count). The van der Waals surface area contributed by atoms with Crippen LogP contribution >= 0.6 is 0 Å². The van der Waals surface area contributed by atoms with Crippen molar-refractivity contribution in [1.29, 1.82) is 0 Å². The maximum absolute atomic E-state index is 14.9. The minimum Gasteiger partial charge on any atom is -0.335 e. The minimum absolute atomic E-state index is 0.0544. The number of nitrogens with one attached hydrogen (secondary N) is 2. The Balaban J connectivity index is 2.37. The van der Waals surface area contributed by atoms with E-state index in [1.807, 2.05) is 0 Å². The van der Waals surface area contributed by atoms with E-state index in [1.54, 1.807) is 0 Å². The van der Waals surface area contributed by atoms with Gasteiger partial charge in [-0.05, 0) is 36.2 Å². The van der Waals surface area contributed by atoms with Gasteiger partial charge in [0.15, 0.2) is 0 Å². The second-order valence-corrected chi connectivity index (χ2v) is 8.16. The second-order valence-electron chi connectivity index (χ2n) is 8.16. The highest BCUT2D eigenvalue weighted by atomic mass is 19.4. The molecule has 1 atom stereocenters. The van der Waals surface area contributed by atoms with Gasteiger partial charge in [0.1, 0.15) is 6.67 Å². The zero-order valence-electron chi connectivity index (χ0n) is 20.0. The van der Waals surface area contributed by atoms with Crippen LogP contribution in [0.5, 0.6) is 0 Å². The number of hydrogen-bond donors (Lipinski definition) is 2. The fraction of sp³-hybridized carbons (Fsp3) is 0.375. The van der Waals surface area contributed by atoms with Crippen molar-refractivity contribution in [3.63, 3.8) is 0 Å². The van der Waals surface area contributed by atoms with Crippen LogP contribution < -0.4 is 10.6 Å². The topological polar surface area (TPSA) is 78.5 Å². The molecule has 0 aliphatic heterocycles. The van der Waals surface area contributed by atoms with E-state index in [1.165, 1.54) is 31.3 Å². The van der Waals surface area contributed by atoms with E-state index < -0.39 is 66.0 Å². The number of carbonyl (C=O) groups is 3. The highest BCUT2D eigenvalue weighted by Gasteiger charge is 2.75. The van der Waals surface area contributed by atoms with Gasteiger partial charge in [0.2, 0.25) is 0 Å². The number of halogens is 8. The summed E-state index contributed by atoms with van der Waals surface area (Å²) in [6.07, 6.45) is -13.5. The molecule has 0 saturated carbocycles. The van der Waals surface area contributed by atoms with Crippen LogP contribution in [0, 0.1) is 0 Å². The van der Waals surface area contributed by atoms with E-state index in [0.717, 1.165) is 36.1 Å². The normalized spacial score (nSPS) is 13.0. The van der Waals surface area contributed by atoms with Crippen LogP contribution in [0.15, 0.2) is 48.5 Å². The van der Waals surface area contributed by atoms with E-state index in [0.29, 0.717) is 0 Å². The van der Waals surface area contributed by atoms with Crippen molar-refractivity contribution in [3.05, 3.63) is 59.7 Å². The second kappa shape index (κ2) is 11.8. The fourth-order valence-electron chi connectivity index (χ4n) is 3.70. The van der Waals surface area contributed by atoms with Gasteiger partial charge in [-0.15, -0.1) is 0 Å². The number of anilines is 2. The van der Waals surface area contributed by atoms with E-state index in [9.17, 15) is 49.5 Å². The molecule has 0 aliphatic carbocycles. The first kappa shape index (κ1) is 30.5. The summed E-state index contributed by atoms with van der Waals surface area (Å²) in [6, 6.07) is 9.08. The lowest BCUT2D eigenvalue weighted by Gasteiger charge is -2.37. The van der Waals surface area contributed by atoms with E-state index >= 15 is 0 Å². The monoisotopic (exact) mass is 553 g/mol. The molecule has 1 unspecified atom stereocenters. The summed E-state index contributed by atoms with van der Waals surface area (Å²) < 4.78 is 108. The summed E-state index contributed by atoms with van der Waals surface area (Å²) in [4.78, 5) is 37.6. The molecule has 0 bridgehead atoms. The molecule has 3 amide bonds. The zero-order valence-corrected chi connectivity index (χ0v) is 20.0. The van der Waals surface area contributed by atoms with Gasteiger partial charge in [0, 0.05) is 36.4 Å². The Hall–Kier alpha value is -3.71. The van der Waals surface area contributed by atoms with Gasteiger partial charge in [-0.3, -0.25) is 14.4 Å². The molecule has 0 aromatic heterocycles. The molecule has 0 saturated heterocycles. The Kier molecular flexibility index (Phi) is 9.46. The third-order valence-corrected chi connectivity index (χ3v) is 5.64. The van der Waals surface area contributed by atoms with E-state index in [2.05, 4.69) is 10.6 Å². The number of alkyl halides is 8. The molecule has 0 radical (unpaired) electrons. The van der Waals surface area contributed by atoms with E-state index in [-0.39, 0.29) is 17.8 Å². The third-order valence-electron chi connectivity index (χ3n) is 5.64. The summed E-state index contributed by atoms with van der Waals surface area (Å²) in [5.74, 6) is -5.96. The number of likely N-dealkylation sites (N-methyl/N-ethyl adjacent to an activating group) is 1. The van der Waals surface area contributed by atoms with Crippen molar-refractivity contribution in [2.45, 2.75) is 37.3 Å². The molecule has 0 spiro atoms. The van der Waals surface area contributed by atoms with Crippen molar-refractivity contribution >= 4 is 29.1 Å². The quantitative estimate of drug-likeness (QED) is 0.329. The van der Waals surface area contributed by atoms with Crippen molar-refractivity contribution in [2.75, 3.05) is 30.9 Å². The highest BCUT2D eigenvalue weighted by Crippen LogP contribution is 2.55. The number of rotatable bonds is 8. The van der Waals surface area contributed by atoms with Crippen LogP contribution in [-0.2, 0) is 9.59 Å². The highest BCUT2D eigenvalue weighted by molar-refractivity contribution is 6.39. The Bertz CT molecular complexity index is 1150. The van der Waals surface area contributed by atoms with Crippen molar-refractivity contribution in [1.82, 2.24) is 4.90 Å². The smallest absolute Gasteiger partial charge is 0.335 e. The minimum atomic E-state index is -6.30. The third kappa shape index (κ3) is 6.40. The van der Waals surface area contributed by atoms with Gasteiger partial charge in [-0.25, -0.2) is 8.78 Å². The van der Waals surface area contributed by atoms with Crippen LogP contribution in [0.3, 0.4) is 0 Å². The lowest BCUT2D eigenvalue weighted by atomic mass is 9.79. The average molecular weight is 553 g/mol. The number of nitrogens with zero attached hydrogens (tertiary/aromatic N) is 1. The molecular weight excluding hydrogens is 530 g/mol. The molecule has 2 aromatic rings. The van der Waals surface area contributed by atoms with Gasteiger partial charge in [-0.2, -0.15) is 26.3 Å². The predicted octanol–water partition coefficient (Wildman–Crippen LogP) is 5.63. The molecule has 0 aliphatic rings. The first-order valence-corrected chi connectivity index (χ1v) is 11.0. The fourth-order valence-corrected chi connectivity index (χ4v) is 3.70. The molecule has 6 nitrogen and oxygen atoms in total. The molecule has 0 heterocycles. The number of amides is 3. The molecule has 2 N–H and O–H groups in total. The standard InChI is InChI=1S/C24H23F8N3O3/c1-3-17(22(26,23(27,28)29)24(30,31)32)16-9-4-5-10-18(16)34-19(36)14-7-6-8-15(13-14)33-20(37)21(38)35(2)12-11-25/h4-10,13,17H,3,11-12H2,1-2H3,(H,33,37)(H,34,36). The molecule has 38 heavy (non-hydrogen) atoms. The molecular formula is C24H23F8N3O3. The Labute approximate surface area is 212 Å².